The van der Waals surface area contributed by atoms with Gasteiger partial charge in [-0.1, -0.05) is 42.5 Å². The van der Waals surface area contributed by atoms with Gasteiger partial charge in [0.25, 0.3) is 0 Å². The van der Waals surface area contributed by atoms with E-state index >= 15 is 0 Å². The molecule has 0 bridgehead atoms. The van der Waals surface area contributed by atoms with Crippen LogP contribution in [0.25, 0.3) is 22.0 Å². The van der Waals surface area contributed by atoms with Crippen molar-refractivity contribution in [2.45, 2.75) is 6.54 Å². The van der Waals surface area contributed by atoms with Crippen LogP contribution in [0.2, 0.25) is 0 Å². The number of nitrogens with zero attached hydrogens (tertiary/aromatic N) is 3. The van der Waals surface area contributed by atoms with Gasteiger partial charge in [0.05, 0.1) is 19.8 Å². The van der Waals surface area contributed by atoms with Gasteiger partial charge in [-0.15, -0.1) is 0 Å². The molecule has 5 rings (SSSR count). The highest BCUT2D eigenvalue weighted by atomic mass is 16.5. The quantitative estimate of drug-likeness (QED) is 0.525. The monoisotopic (exact) mass is 361 g/mol. The Morgan fingerprint density at radius 3 is 2.52 bits per heavy atom. The fourth-order valence-electron chi connectivity index (χ4n) is 3.66. The molecule has 2 aromatic carbocycles. The molecule has 3 heterocycles. The van der Waals surface area contributed by atoms with Gasteiger partial charge in [-0.25, -0.2) is 9.78 Å². The number of hydrogen-bond acceptors (Lipinski definition) is 5. The fourth-order valence-corrected chi connectivity index (χ4v) is 3.66. The van der Waals surface area contributed by atoms with Gasteiger partial charge >= 0.3 is 5.63 Å². The van der Waals surface area contributed by atoms with Crippen LogP contribution in [0.3, 0.4) is 0 Å². The first-order valence-corrected chi connectivity index (χ1v) is 9.10. The molecule has 0 atom stereocenters. The van der Waals surface area contributed by atoms with E-state index in [1.165, 1.54) is 0 Å². The third kappa shape index (κ3) is 2.78. The molecule has 1 fully saturated rings. The van der Waals surface area contributed by atoms with Crippen LogP contribution in [-0.2, 0) is 11.3 Å². The number of hydrogen-bond donors (Lipinski definition) is 0. The number of rotatable bonds is 3. The molecule has 0 spiro atoms. The van der Waals surface area contributed by atoms with E-state index in [1.807, 2.05) is 41.0 Å². The van der Waals surface area contributed by atoms with E-state index < -0.39 is 0 Å². The zero-order valence-electron chi connectivity index (χ0n) is 14.8. The second kappa shape index (κ2) is 6.55. The molecule has 1 saturated heterocycles. The minimum Gasteiger partial charge on any atom is -0.421 e. The standard InChI is InChI=1S/C21H19N3O3/c25-20-19-18(16-8-4-5-9-17(16)27-20)22-21(23-10-12-26-13-11-23)24(19)14-15-6-2-1-3-7-15/h1-9H,10-14H2. The third-order valence-corrected chi connectivity index (χ3v) is 4.96. The summed E-state index contributed by atoms with van der Waals surface area (Å²) in [5, 5.41) is 0.855. The van der Waals surface area contributed by atoms with Crippen molar-refractivity contribution in [1.29, 1.82) is 0 Å². The van der Waals surface area contributed by atoms with E-state index in [9.17, 15) is 4.79 Å². The summed E-state index contributed by atoms with van der Waals surface area (Å²) < 4.78 is 13.1. The second-order valence-electron chi connectivity index (χ2n) is 6.67. The number of fused-ring (bicyclic) bond motifs is 3. The van der Waals surface area contributed by atoms with Crippen molar-refractivity contribution in [2.75, 3.05) is 31.2 Å². The predicted octanol–water partition coefficient (Wildman–Crippen LogP) is 3.03. The highest BCUT2D eigenvalue weighted by Gasteiger charge is 2.23. The van der Waals surface area contributed by atoms with Crippen molar-refractivity contribution in [3.8, 4) is 0 Å². The number of ether oxygens (including phenoxy) is 1. The number of imidazole rings is 1. The number of para-hydroxylation sites is 1. The molecule has 1 aliphatic rings. The maximum atomic E-state index is 12.8. The molecule has 27 heavy (non-hydrogen) atoms. The summed E-state index contributed by atoms with van der Waals surface area (Å²) in [4.78, 5) is 19.9. The summed E-state index contributed by atoms with van der Waals surface area (Å²) in [6.45, 7) is 3.38. The van der Waals surface area contributed by atoms with Gasteiger partial charge in [-0.3, -0.25) is 4.57 Å². The van der Waals surface area contributed by atoms with Crippen molar-refractivity contribution < 1.29 is 9.15 Å². The number of aromatic nitrogens is 2. The van der Waals surface area contributed by atoms with Crippen molar-refractivity contribution in [1.82, 2.24) is 9.55 Å². The molecule has 0 N–H and O–H groups in total. The Balaban J connectivity index is 1.78. The van der Waals surface area contributed by atoms with Gasteiger partial charge in [0, 0.05) is 18.5 Å². The van der Waals surface area contributed by atoms with E-state index in [4.69, 9.17) is 14.1 Å². The highest BCUT2D eigenvalue weighted by Crippen LogP contribution is 2.28. The summed E-state index contributed by atoms with van der Waals surface area (Å²) in [5.74, 6) is 0.792. The van der Waals surface area contributed by atoms with Crippen molar-refractivity contribution in [3.05, 3.63) is 70.6 Å². The van der Waals surface area contributed by atoms with Crippen LogP contribution in [0.5, 0.6) is 0 Å². The van der Waals surface area contributed by atoms with Gasteiger partial charge < -0.3 is 14.1 Å². The normalized spacial score (nSPS) is 14.9. The van der Waals surface area contributed by atoms with Crippen LogP contribution >= 0.6 is 0 Å². The Hall–Kier alpha value is -3.12. The van der Waals surface area contributed by atoms with E-state index in [1.54, 1.807) is 6.07 Å². The second-order valence-corrected chi connectivity index (χ2v) is 6.67. The SMILES string of the molecule is O=c1oc2ccccc2c2nc(N3CCOCC3)n(Cc3ccccc3)c12. The van der Waals surface area contributed by atoms with Gasteiger partial charge in [0.1, 0.15) is 11.1 Å². The molecule has 0 radical (unpaired) electrons. The number of anilines is 1. The first kappa shape index (κ1) is 16.1. The maximum absolute atomic E-state index is 12.8. The van der Waals surface area contributed by atoms with E-state index in [0.717, 1.165) is 30.0 Å². The third-order valence-electron chi connectivity index (χ3n) is 4.96. The van der Waals surface area contributed by atoms with E-state index in [0.29, 0.717) is 36.4 Å². The fraction of sp³-hybridized carbons (Fsp3) is 0.238. The zero-order chi connectivity index (χ0) is 18.2. The van der Waals surface area contributed by atoms with Crippen molar-refractivity contribution >= 4 is 28.0 Å². The Kier molecular flexibility index (Phi) is 3.90. The Morgan fingerprint density at radius 1 is 0.963 bits per heavy atom. The summed E-state index contributed by atoms with van der Waals surface area (Å²) >= 11 is 0. The van der Waals surface area contributed by atoms with Gasteiger partial charge in [-0.2, -0.15) is 0 Å². The van der Waals surface area contributed by atoms with Crippen LogP contribution < -0.4 is 10.5 Å². The predicted molar refractivity (Wildman–Crippen MR) is 104 cm³/mol. The summed E-state index contributed by atoms with van der Waals surface area (Å²) in [6, 6.07) is 17.6. The molecule has 0 unspecified atom stereocenters. The molecule has 4 aromatic rings. The van der Waals surface area contributed by atoms with Crippen LogP contribution in [0, 0.1) is 0 Å². The first-order chi connectivity index (χ1) is 13.3. The molecule has 6 heteroatoms. The van der Waals surface area contributed by atoms with E-state index in [-0.39, 0.29) is 5.63 Å². The summed E-state index contributed by atoms with van der Waals surface area (Å²) in [7, 11) is 0. The Morgan fingerprint density at radius 2 is 1.70 bits per heavy atom. The molecule has 1 aliphatic heterocycles. The van der Waals surface area contributed by atoms with Crippen LogP contribution in [0.15, 0.2) is 63.8 Å². The molecule has 2 aromatic heterocycles. The molecule has 0 saturated carbocycles. The Labute approximate surface area is 155 Å². The minimum absolute atomic E-state index is 0.355. The zero-order valence-corrected chi connectivity index (χ0v) is 14.8. The summed E-state index contributed by atoms with van der Waals surface area (Å²) in [6.07, 6.45) is 0. The largest absolute Gasteiger partial charge is 0.421 e. The molecular weight excluding hydrogens is 342 g/mol. The Bertz CT molecular complexity index is 1160. The van der Waals surface area contributed by atoms with Crippen molar-refractivity contribution in [3.63, 3.8) is 0 Å². The highest BCUT2D eigenvalue weighted by molar-refractivity contribution is 6.01. The lowest BCUT2D eigenvalue weighted by atomic mass is 10.2. The molecule has 0 amide bonds. The van der Waals surface area contributed by atoms with Gasteiger partial charge in [-0.05, 0) is 17.7 Å². The lowest BCUT2D eigenvalue weighted by Gasteiger charge is -2.28. The summed E-state index contributed by atoms with van der Waals surface area (Å²) in [5.41, 5.74) is 2.52. The van der Waals surface area contributed by atoms with Crippen LogP contribution in [-0.4, -0.2) is 35.9 Å². The lowest BCUT2D eigenvalue weighted by molar-refractivity contribution is 0.121. The first-order valence-electron chi connectivity index (χ1n) is 9.10. The van der Waals surface area contributed by atoms with Crippen LogP contribution in [0.4, 0.5) is 5.95 Å². The minimum atomic E-state index is -0.355. The maximum Gasteiger partial charge on any atom is 0.362 e. The molecule has 6 nitrogen and oxygen atoms in total. The lowest BCUT2D eigenvalue weighted by Crippen LogP contribution is -2.38. The van der Waals surface area contributed by atoms with E-state index in [2.05, 4.69) is 17.0 Å². The van der Waals surface area contributed by atoms with Gasteiger partial charge in [0.2, 0.25) is 5.95 Å². The topological polar surface area (TPSA) is 60.5 Å². The molecule has 0 aliphatic carbocycles. The molecular formula is C21H19N3O3. The number of benzene rings is 2. The number of morpholine rings is 1. The smallest absolute Gasteiger partial charge is 0.362 e. The molecule has 136 valence electrons. The van der Waals surface area contributed by atoms with Crippen LogP contribution in [0.1, 0.15) is 5.56 Å². The average Bonchev–Trinajstić information content (AvgIpc) is 3.10. The van der Waals surface area contributed by atoms with Crippen molar-refractivity contribution in [2.24, 2.45) is 0 Å². The average molecular weight is 361 g/mol. The van der Waals surface area contributed by atoms with Gasteiger partial charge in [0.15, 0.2) is 5.52 Å².